The Morgan fingerprint density at radius 1 is 1.06 bits per heavy atom. The van der Waals surface area contributed by atoms with Gasteiger partial charge in [-0.2, -0.15) is 5.10 Å². The zero-order valence-electron chi connectivity index (χ0n) is 17.3. The summed E-state index contributed by atoms with van der Waals surface area (Å²) in [7, 11) is 0. The maximum atomic E-state index is 13.1. The second kappa shape index (κ2) is 7.91. The molecule has 3 aromatic rings. The Kier molecular flexibility index (Phi) is 4.94. The average molecular weight is 419 g/mol. The van der Waals surface area contributed by atoms with Crippen LogP contribution in [0.25, 0.3) is 11.3 Å². The molecule has 7 heteroatoms. The molecule has 0 saturated heterocycles. The molecule has 2 aliphatic rings. The lowest BCUT2D eigenvalue weighted by Crippen LogP contribution is -2.34. The predicted octanol–water partition coefficient (Wildman–Crippen LogP) is 3.71. The molecular weight excluding hydrogens is 394 g/mol. The highest BCUT2D eigenvalue weighted by Gasteiger charge is 2.22. The van der Waals surface area contributed by atoms with Crippen molar-refractivity contribution in [1.29, 1.82) is 0 Å². The molecule has 0 radical (unpaired) electrons. The summed E-state index contributed by atoms with van der Waals surface area (Å²) >= 11 is 0. The number of anilines is 1. The van der Waals surface area contributed by atoms with Crippen LogP contribution in [-0.4, -0.2) is 22.5 Å². The van der Waals surface area contributed by atoms with Crippen LogP contribution in [0.4, 0.5) is 5.69 Å². The Balaban J connectivity index is 0.00000245. The SMILES string of the molecule is Cc1ccc(-c2nn(CC(=O)Nc3ccc4c(c3)OCO4)c(=O)c3c2CCCC3)cc1.[HH]. The topological polar surface area (TPSA) is 82.5 Å². The first kappa shape index (κ1) is 19.4. The predicted molar refractivity (Wildman–Crippen MR) is 119 cm³/mol. The maximum absolute atomic E-state index is 13.1. The number of rotatable bonds is 4. The van der Waals surface area contributed by atoms with Crippen LogP contribution in [0.5, 0.6) is 11.5 Å². The highest BCUT2D eigenvalue weighted by molar-refractivity contribution is 5.91. The third-order valence-corrected chi connectivity index (χ3v) is 5.74. The fourth-order valence-electron chi connectivity index (χ4n) is 4.15. The zero-order chi connectivity index (χ0) is 21.4. The summed E-state index contributed by atoms with van der Waals surface area (Å²) in [6, 6.07) is 13.3. The number of nitrogens with zero attached hydrogens (tertiary/aromatic N) is 2. The molecule has 0 saturated carbocycles. The normalized spacial score (nSPS) is 14.2. The van der Waals surface area contributed by atoms with Gasteiger partial charge in [-0.25, -0.2) is 4.68 Å². The molecule has 5 rings (SSSR count). The van der Waals surface area contributed by atoms with Crippen molar-refractivity contribution in [1.82, 2.24) is 9.78 Å². The van der Waals surface area contributed by atoms with Crippen LogP contribution in [0.1, 0.15) is 31.0 Å². The van der Waals surface area contributed by atoms with Crippen LogP contribution in [0.15, 0.2) is 47.3 Å². The molecular formula is C24H25N3O4. The van der Waals surface area contributed by atoms with Crippen molar-refractivity contribution in [3.05, 3.63) is 69.5 Å². The summed E-state index contributed by atoms with van der Waals surface area (Å²) < 4.78 is 11.9. The first-order chi connectivity index (χ1) is 15.1. The van der Waals surface area contributed by atoms with Gasteiger partial charge in [0.25, 0.3) is 5.56 Å². The van der Waals surface area contributed by atoms with Crippen LogP contribution in [0, 0.1) is 6.92 Å². The van der Waals surface area contributed by atoms with Gasteiger partial charge in [-0.1, -0.05) is 29.8 Å². The van der Waals surface area contributed by atoms with Gasteiger partial charge in [0, 0.05) is 24.3 Å². The van der Waals surface area contributed by atoms with Gasteiger partial charge in [-0.15, -0.1) is 0 Å². The number of nitrogens with one attached hydrogen (secondary N) is 1. The van der Waals surface area contributed by atoms with E-state index in [2.05, 4.69) is 10.4 Å². The minimum absolute atomic E-state index is 0. The number of carbonyl (C=O) groups excluding carboxylic acids is 1. The summed E-state index contributed by atoms with van der Waals surface area (Å²) in [5, 5.41) is 7.44. The van der Waals surface area contributed by atoms with E-state index in [1.165, 1.54) is 4.68 Å². The fourth-order valence-corrected chi connectivity index (χ4v) is 4.15. The van der Waals surface area contributed by atoms with E-state index < -0.39 is 0 Å². The van der Waals surface area contributed by atoms with Crippen LogP contribution < -0.4 is 20.3 Å². The number of benzene rings is 2. The van der Waals surface area contributed by atoms with Crippen LogP contribution in [-0.2, 0) is 24.2 Å². The van der Waals surface area contributed by atoms with E-state index in [9.17, 15) is 9.59 Å². The first-order valence-corrected chi connectivity index (χ1v) is 10.5. The molecule has 2 heterocycles. The molecule has 160 valence electrons. The van der Waals surface area contributed by atoms with Crippen molar-refractivity contribution >= 4 is 11.6 Å². The number of ether oxygens (including phenoxy) is 2. The van der Waals surface area contributed by atoms with Gasteiger partial charge in [0.1, 0.15) is 6.54 Å². The number of amides is 1. The largest absolute Gasteiger partial charge is 0.454 e. The van der Waals surface area contributed by atoms with Crippen molar-refractivity contribution in [2.24, 2.45) is 0 Å². The van der Waals surface area contributed by atoms with E-state index in [-0.39, 0.29) is 26.2 Å². The van der Waals surface area contributed by atoms with E-state index in [0.29, 0.717) is 17.2 Å². The number of hydrogen-bond donors (Lipinski definition) is 1. The Morgan fingerprint density at radius 3 is 2.61 bits per heavy atom. The molecule has 31 heavy (non-hydrogen) atoms. The maximum Gasteiger partial charge on any atom is 0.270 e. The van der Waals surface area contributed by atoms with Crippen LogP contribution >= 0.6 is 0 Å². The lowest BCUT2D eigenvalue weighted by atomic mass is 9.89. The van der Waals surface area contributed by atoms with Crippen molar-refractivity contribution in [2.75, 3.05) is 12.1 Å². The number of fused-ring (bicyclic) bond motifs is 2. The lowest BCUT2D eigenvalue weighted by Gasteiger charge is -2.20. The third kappa shape index (κ3) is 3.79. The molecule has 1 N–H and O–H groups in total. The van der Waals surface area contributed by atoms with Crippen molar-refractivity contribution < 1.29 is 15.7 Å². The van der Waals surface area contributed by atoms with Gasteiger partial charge in [0.15, 0.2) is 11.5 Å². The number of hydrogen-bond acceptors (Lipinski definition) is 5. The minimum atomic E-state index is -0.320. The summed E-state index contributed by atoms with van der Waals surface area (Å²) in [4.78, 5) is 25.8. The van der Waals surface area contributed by atoms with Gasteiger partial charge in [0.05, 0.1) is 5.69 Å². The van der Waals surface area contributed by atoms with Gasteiger partial charge >= 0.3 is 0 Å². The second-order valence-corrected chi connectivity index (χ2v) is 7.96. The fraction of sp³-hybridized carbons (Fsp3) is 0.292. The molecule has 1 aliphatic carbocycles. The Morgan fingerprint density at radius 2 is 1.81 bits per heavy atom. The third-order valence-electron chi connectivity index (χ3n) is 5.74. The van der Waals surface area contributed by atoms with Gasteiger partial charge in [-0.05, 0) is 50.3 Å². The molecule has 0 atom stereocenters. The minimum Gasteiger partial charge on any atom is -0.454 e. The van der Waals surface area contributed by atoms with Gasteiger partial charge in [0.2, 0.25) is 12.7 Å². The Labute approximate surface area is 181 Å². The summed E-state index contributed by atoms with van der Waals surface area (Å²) in [5.41, 5.74) is 5.14. The molecule has 0 fully saturated rings. The molecule has 0 spiro atoms. The van der Waals surface area contributed by atoms with E-state index >= 15 is 0 Å². The van der Waals surface area contributed by atoms with Gasteiger partial charge in [-0.3, -0.25) is 9.59 Å². The van der Waals surface area contributed by atoms with Crippen molar-refractivity contribution in [2.45, 2.75) is 39.2 Å². The quantitative estimate of drug-likeness (QED) is 0.697. The molecule has 1 aromatic heterocycles. The Hall–Kier alpha value is -3.61. The summed E-state index contributed by atoms with van der Waals surface area (Å²) in [5.74, 6) is 0.913. The number of aromatic nitrogens is 2. The van der Waals surface area contributed by atoms with Crippen molar-refractivity contribution in [3.63, 3.8) is 0 Å². The summed E-state index contributed by atoms with van der Waals surface area (Å²) in [6.07, 6.45) is 3.58. The van der Waals surface area contributed by atoms with Crippen LogP contribution in [0.2, 0.25) is 0 Å². The standard InChI is InChI=1S/C24H23N3O4.H2/c1-15-6-8-16(9-7-15)23-18-4-2-3-5-19(18)24(29)27(26-23)13-22(28)25-17-10-11-20-21(12-17)31-14-30-20;/h6-12H,2-5,13-14H2,1H3,(H,25,28);1H. The highest BCUT2D eigenvalue weighted by Crippen LogP contribution is 2.34. The molecule has 2 aromatic carbocycles. The van der Waals surface area contributed by atoms with E-state index in [1.807, 2.05) is 31.2 Å². The first-order valence-electron chi connectivity index (χ1n) is 10.5. The molecule has 1 aliphatic heterocycles. The Bertz CT molecular complexity index is 1220. The van der Waals surface area contributed by atoms with Crippen molar-refractivity contribution in [3.8, 4) is 22.8 Å². The van der Waals surface area contributed by atoms with E-state index in [4.69, 9.17) is 9.47 Å². The number of aryl methyl sites for hydroxylation is 1. The van der Waals surface area contributed by atoms with E-state index in [1.54, 1.807) is 18.2 Å². The van der Waals surface area contributed by atoms with Crippen LogP contribution in [0.3, 0.4) is 0 Å². The lowest BCUT2D eigenvalue weighted by molar-refractivity contribution is -0.117. The highest BCUT2D eigenvalue weighted by atomic mass is 16.7. The monoisotopic (exact) mass is 419 g/mol. The smallest absolute Gasteiger partial charge is 0.270 e. The molecule has 7 nitrogen and oxygen atoms in total. The molecule has 0 bridgehead atoms. The number of carbonyl (C=O) groups is 1. The average Bonchev–Trinajstić information content (AvgIpc) is 3.24. The zero-order valence-corrected chi connectivity index (χ0v) is 17.3. The second-order valence-electron chi connectivity index (χ2n) is 7.96. The summed E-state index contributed by atoms with van der Waals surface area (Å²) in [6.45, 7) is 2.05. The van der Waals surface area contributed by atoms with E-state index in [0.717, 1.165) is 53.6 Å². The molecule has 0 unspecified atom stereocenters. The van der Waals surface area contributed by atoms with Gasteiger partial charge < -0.3 is 14.8 Å². The molecule has 1 amide bonds.